The summed E-state index contributed by atoms with van der Waals surface area (Å²) < 4.78 is 30.3. The molecule has 0 aliphatic carbocycles. The maximum atomic E-state index is 12.7. The molecular weight excluding hydrogens is 402 g/mol. The van der Waals surface area contributed by atoms with Crippen LogP contribution in [-0.4, -0.2) is 48.7 Å². The van der Waals surface area contributed by atoms with Crippen molar-refractivity contribution >= 4 is 15.7 Å². The smallest absolute Gasteiger partial charge is 0.227 e. The van der Waals surface area contributed by atoms with Crippen molar-refractivity contribution in [3.63, 3.8) is 0 Å². The lowest BCUT2D eigenvalue weighted by Crippen LogP contribution is -2.45. The Labute approximate surface area is 177 Å². The summed E-state index contributed by atoms with van der Waals surface area (Å²) in [5.74, 6) is 0.358. The number of carbonyl (C=O) groups excluding carboxylic acids is 1. The molecule has 158 valence electrons. The van der Waals surface area contributed by atoms with E-state index in [-0.39, 0.29) is 23.3 Å². The van der Waals surface area contributed by atoms with Crippen molar-refractivity contribution in [2.24, 2.45) is 0 Å². The first-order valence-electron chi connectivity index (χ1n) is 9.93. The molecule has 1 unspecified atom stereocenters. The van der Waals surface area contributed by atoms with Gasteiger partial charge in [0, 0.05) is 18.8 Å². The predicted octanol–water partition coefficient (Wildman–Crippen LogP) is 2.75. The minimum Gasteiger partial charge on any atom is -0.472 e. The Kier molecular flexibility index (Phi) is 6.73. The van der Waals surface area contributed by atoms with E-state index in [1.807, 2.05) is 0 Å². The number of aromatic nitrogens is 1. The SMILES string of the molecule is CC(C)S(=O)(=O)c1ccc(CC(=O)N2CCCC(Oc3cc(C#N)ccn3)C2)cc1. The van der Waals surface area contributed by atoms with Gasteiger partial charge in [-0.15, -0.1) is 0 Å². The first-order chi connectivity index (χ1) is 14.3. The number of likely N-dealkylation sites (tertiary alicyclic amines) is 1. The lowest BCUT2D eigenvalue weighted by atomic mass is 10.1. The van der Waals surface area contributed by atoms with E-state index in [1.54, 1.807) is 55.1 Å². The zero-order valence-corrected chi connectivity index (χ0v) is 17.9. The van der Waals surface area contributed by atoms with Crippen LogP contribution in [0, 0.1) is 11.3 Å². The minimum absolute atomic E-state index is 0.0264. The van der Waals surface area contributed by atoms with Crippen molar-refractivity contribution in [3.05, 3.63) is 53.7 Å². The van der Waals surface area contributed by atoms with Crippen LogP contribution in [-0.2, 0) is 21.1 Å². The van der Waals surface area contributed by atoms with Crippen LogP contribution in [0.15, 0.2) is 47.5 Å². The summed E-state index contributed by atoms with van der Waals surface area (Å²) in [4.78, 5) is 18.9. The number of nitriles is 1. The number of rotatable bonds is 6. The van der Waals surface area contributed by atoms with Gasteiger partial charge in [0.05, 0.1) is 34.7 Å². The lowest BCUT2D eigenvalue weighted by molar-refractivity contribution is -0.133. The van der Waals surface area contributed by atoms with Crippen molar-refractivity contribution in [1.29, 1.82) is 5.26 Å². The Morgan fingerprint density at radius 2 is 2.03 bits per heavy atom. The quantitative estimate of drug-likeness (QED) is 0.703. The number of ether oxygens (including phenoxy) is 1. The number of hydrogen-bond donors (Lipinski definition) is 0. The molecule has 2 aromatic rings. The Morgan fingerprint density at radius 1 is 1.30 bits per heavy atom. The van der Waals surface area contributed by atoms with E-state index in [2.05, 4.69) is 11.1 Å². The third kappa shape index (κ3) is 5.16. The zero-order chi connectivity index (χ0) is 21.7. The molecule has 0 spiro atoms. The highest BCUT2D eigenvalue weighted by molar-refractivity contribution is 7.92. The van der Waals surface area contributed by atoms with Crippen LogP contribution in [0.25, 0.3) is 0 Å². The molecule has 0 radical (unpaired) electrons. The second kappa shape index (κ2) is 9.26. The van der Waals surface area contributed by atoms with E-state index in [0.29, 0.717) is 24.5 Å². The summed E-state index contributed by atoms with van der Waals surface area (Å²) in [6.45, 7) is 4.41. The molecule has 0 N–H and O–H groups in total. The van der Waals surface area contributed by atoms with Gasteiger partial charge in [-0.25, -0.2) is 13.4 Å². The monoisotopic (exact) mass is 427 g/mol. The molecular formula is C22H25N3O4S. The van der Waals surface area contributed by atoms with Crippen molar-refractivity contribution in [3.8, 4) is 11.9 Å². The number of carbonyl (C=O) groups is 1. The van der Waals surface area contributed by atoms with Gasteiger partial charge in [0.1, 0.15) is 6.10 Å². The highest BCUT2D eigenvalue weighted by Crippen LogP contribution is 2.20. The average Bonchev–Trinajstić information content (AvgIpc) is 2.74. The lowest BCUT2D eigenvalue weighted by Gasteiger charge is -2.32. The maximum absolute atomic E-state index is 12.7. The Hall–Kier alpha value is -2.92. The molecule has 1 fully saturated rings. The molecule has 30 heavy (non-hydrogen) atoms. The molecule has 1 amide bonds. The number of sulfone groups is 1. The third-order valence-electron chi connectivity index (χ3n) is 5.11. The number of amides is 1. The van der Waals surface area contributed by atoms with Gasteiger partial charge < -0.3 is 9.64 Å². The first kappa shape index (κ1) is 21.8. The van der Waals surface area contributed by atoms with Crippen molar-refractivity contribution in [2.75, 3.05) is 13.1 Å². The third-order valence-corrected chi connectivity index (χ3v) is 7.28. The maximum Gasteiger partial charge on any atom is 0.227 e. The predicted molar refractivity (Wildman–Crippen MR) is 112 cm³/mol. The van der Waals surface area contributed by atoms with E-state index in [4.69, 9.17) is 10.00 Å². The zero-order valence-electron chi connectivity index (χ0n) is 17.1. The number of pyridine rings is 1. The molecule has 0 saturated carbocycles. The number of benzene rings is 1. The van der Waals surface area contributed by atoms with E-state index in [0.717, 1.165) is 18.4 Å². The van der Waals surface area contributed by atoms with Gasteiger partial charge in [-0.2, -0.15) is 5.26 Å². The van der Waals surface area contributed by atoms with E-state index in [1.165, 1.54) is 6.20 Å². The highest BCUT2D eigenvalue weighted by atomic mass is 32.2. The summed E-state index contributed by atoms with van der Waals surface area (Å²) in [5, 5.41) is 8.50. The van der Waals surface area contributed by atoms with Gasteiger partial charge in [-0.3, -0.25) is 4.79 Å². The van der Waals surface area contributed by atoms with Crippen LogP contribution in [0.4, 0.5) is 0 Å². The molecule has 7 nitrogen and oxygen atoms in total. The van der Waals surface area contributed by atoms with E-state index in [9.17, 15) is 13.2 Å². The first-order valence-corrected chi connectivity index (χ1v) is 11.5. The Morgan fingerprint density at radius 3 is 2.70 bits per heavy atom. The second-order valence-corrected chi connectivity index (χ2v) is 10.1. The fourth-order valence-electron chi connectivity index (χ4n) is 3.33. The summed E-state index contributed by atoms with van der Waals surface area (Å²) in [6, 6.07) is 11.8. The van der Waals surface area contributed by atoms with Crippen molar-refractivity contribution in [2.45, 2.75) is 49.4 Å². The van der Waals surface area contributed by atoms with Crippen LogP contribution >= 0.6 is 0 Å². The fourth-order valence-corrected chi connectivity index (χ4v) is 4.39. The van der Waals surface area contributed by atoms with Gasteiger partial charge in [0.2, 0.25) is 11.8 Å². The minimum atomic E-state index is -3.32. The van der Waals surface area contributed by atoms with Gasteiger partial charge in [0.25, 0.3) is 0 Å². The fraction of sp³-hybridized carbons (Fsp3) is 0.409. The second-order valence-electron chi connectivity index (χ2n) is 7.63. The molecule has 3 rings (SSSR count). The molecule has 1 aromatic carbocycles. The molecule has 1 atom stereocenters. The van der Waals surface area contributed by atoms with Crippen LogP contribution in [0.2, 0.25) is 0 Å². The normalized spacial score (nSPS) is 16.9. The standard InChI is InChI=1S/C22H25N3O4S/c1-16(2)30(27,28)20-7-5-17(6-8-20)13-22(26)25-11-3-4-19(15-25)29-21-12-18(14-23)9-10-24-21/h5-10,12,16,19H,3-4,11,13,15H2,1-2H3. The summed E-state index contributed by atoms with van der Waals surface area (Å²) >= 11 is 0. The average molecular weight is 428 g/mol. The molecule has 1 saturated heterocycles. The van der Waals surface area contributed by atoms with E-state index >= 15 is 0 Å². The van der Waals surface area contributed by atoms with Crippen LogP contribution in [0.5, 0.6) is 5.88 Å². The topological polar surface area (TPSA) is 100 Å². The molecule has 0 bridgehead atoms. The summed E-state index contributed by atoms with van der Waals surface area (Å²) in [6.07, 6.45) is 3.19. The van der Waals surface area contributed by atoms with Gasteiger partial charge in [-0.05, 0) is 50.5 Å². The number of nitrogens with zero attached hydrogens (tertiary/aromatic N) is 3. The Balaban J connectivity index is 1.60. The molecule has 1 aliphatic heterocycles. The van der Waals surface area contributed by atoms with Crippen LogP contribution in [0.1, 0.15) is 37.8 Å². The molecule has 1 aromatic heterocycles. The largest absolute Gasteiger partial charge is 0.472 e. The van der Waals surface area contributed by atoms with Crippen molar-refractivity contribution in [1.82, 2.24) is 9.88 Å². The number of piperidine rings is 1. The van der Waals surface area contributed by atoms with Crippen molar-refractivity contribution < 1.29 is 17.9 Å². The summed E-state index contributed by atoms with van der Waals surface area (Å²) in [7, 11) is -3.32. The highest BCUT2D eigenvalue weighted by Gasteiger charge is 2.25. The number of hydrogen-bond acceptors (Lipinski definition) is 6. The van der Waals surface area contributed by atoms with Gasteiger partial charge in [0.15, 0.2) is 9.84 Å². The van der Waals surface area contributed by atoms with Crippen LogP contribution in [0.3, 0.4) is 0 Å². The summed E-state index contributed by atoms with van der Waals surface area (Å²) in [5.41, 5.74) is 1.25. The molecule has 2 heterocycles. The van der Waals surface area contributed by atoms with Gasteiger partial charge in [-0.1, -0.05) is 12.1 Å². The van der Waals surface area contributed by atoms with Crippen LogP contribution < -0.4 is 4.74 Å². The molecule has 8 heteroatoms. The van der Waals surface area contributed by atoms with Gasteiger partial charge >= 0.3 is 0 Å². The Bertz CT molecular complexity index is 1040. The van der Waals surface area contributed by atoms with E-state index < -0.39 is 15.1 Å². The molecule has 1 aliphatic rings.